The Morgan fingerprint density at radius 1 is 1.05 bits per heavy atom. The van der Waals surface area contributed by atoms with Crippen LogP contribution in [-0.2, 0) is 16.6 Å². The van der Waals surface area contributed by atoms with Crippen molar-refractivity contribution in [3.05, 3.63) is 96.4 Å². The van der Waals surface area contributed by atoms with Gasteiger partial charge in [-0.15, -0.1) is 22.7 Å². The maximum atomic E-state index is 13.1. The summed E-state index contributed by atoms with van der Waals surface area (Å²) in [5.74, 6) is 0. The van der Waals surface area contributed by atoms with Crippen molar-refractivity contribution in [2.24, 2.45) is 0 Å². The number of carbonyl (C=O) groups excluding carboxylic acids is 1. The van der Waals surface area contributed by atoms with E-state index >= 15 is 0 Å². The molecule has 0 saturated carbocycles. The minimum Gasteiger partial charge on any atom is -0.380 e. The summed E-state index contributed by atoms with van der Waals surface area (Å²) in [6.45, 7) is 0.560. The molecule has 0 aliphatic rings. The number of hydrogen-bond donors (Lipinski definition) is 4. The van der Waals surface area contributed by atoms with Gasteiger partial charge in [-0.3, -0.25) is 9.78 Å². The first kappa shape index (κ1) is 25.7. The second kappa shape index (κ2) is 10.4. The van der Waals surface area contributed by atoms with Crippen LogP contribution < -0.4 is 26.6 Å². The van der Waals surface area contributed by atoms with E-state index in [4.69, 9.17) is 11.6 Å². The minimum absolute atomic E-state index is 0.106. The molecule has 194 valence electrons. The Bertz CT molecular complexity index is 1860. The van der Waals surface area contributed by atoms with Crippen LogP contribution in [0.4, 0.5) is 16.2 Å². The molecule has 0 radical (unpaired) electrons. The summed E-state index contributed by atoms with van der Waals surface area (Å²) in [7, 11) is -4.09. The fourth-order valence-corrected chi connectivity index (χ4v) is 6.47. The molecule has 5 rings (SSSR count). The van der Waals surface area contributed by atoms with Crippen LogP contribution in [0.5, 0.6) is 0 Å². The molecule has 15 heteroatoms. The van der Waals surface area contributed by atoms with Crippen LogP contribution in [0, 0.1) is 0 Å². The number of amides is 2. The van der Waals surface area contributed by atoms with Crippen molar-refractivity contribution in [2.45, 2.75) is 10.8 Å². The van der Waals surface area contributed by atoms with Gasteiger partial charge in [0.25, 0.3) is 15.6 Å². The number of rotatable bonds is 7. The van der Waals surface area contributed by atoms with Gasteiger partial charge in [0.15, 0.2) is 0 Å². The quantitative estimate of drug-likeness (QED) is 0.224. The number of thiazole rings is 1. The van der Waals surface area contributed by atoms with E-state index in [-0.39, 0.29) is 19.9 Å². The van der Waals surface area contributed by atoms with Crippen molar-refractivity contribution in [2.75, 3.05) is 10.6 Å². The predicted molar refractivity (Wildman–Crippen MR) is 148 cm³/mol. The zero-order valence-corrected chi connectivity index (χ0v) is 22.3. The van der Waals surface area contributed by atoms with E-state index in [1.807, 2.05) is 4.72 Å². The number of fused-ring (bicyclic) bond motifs is 1. The third-order valence-electron chi connectivity index (χ3n) is 5.27. The van der Waals surface area contributed by atoms with E-state index in [1.54, 1.807) is 29.9 Å². The highest BCUT2D eigenvalue weighted by atomic mass is 35.5. The molecule has 0 aliphatic heterocycles. The Balaban J connectivity index is 1.33. The maximum Gasteiger partial charge on any atom is 0.333 e. The lowest BCUT2D eigenvalue weighted by molar-refractivity contribution is 0.256. The molecular weight excluding hydrogens is 572 g/mol. The number of sulfonamides is 1. The lowest BCUT2D eigenvalue weighted by atomic mass is 10.2. The van der Waals surface area contributed by atoms with Gasteiger partial charge in [0.1, 0.15) is 4.21 Å². The number of nitrogens with zero attached hydrogens (tertiary/aromatic N) is 2. The fraction of sp³-hybridized carbons (Fsp3) is 0.0435. The van der Waals surface area contributed by atoms with Gasteiger partial charge in [-0.05, 0) is 54.6 Å². The van der Waals surface area contributed by atoms with Crippen molar-refractivity contribution >= 4 is 72.6 Å². The Labute approximate surface area is 227 Å². The lowest BCUT2D eigenvalue weighted by Crippen LogP contribution is -2.34. The number of benzene rings is 2. The van der Waals surface area contributed by atoms with Gasteiger partial charge in [0, 0.05) is 22.4 Å². The molecule has 0 atom stereocenters. The summed E-state index contributed by atoms with van der Waals surface area (Å²) < 4.78 is 27.6. The molecular formula is C23H17ClN6O5S3. The average Bonchev–Trinajstić information content (AvgIpc) is 3.55. The normalized spacial score (nSPS) is 11.4. The van der Waals surface area contributed by atoms with Crippen molar-refractivity contribution in [1.82, 2.24) is 19.3 Å². The van der Waals surface area contributed by atoms with E-state index in [2.05, 4.69) is 20.6 Å². The predicted octanol–water partition coefficient (Wildman–Crippen LogP) is 3.97. The van der Waals surface area contributed by atoms with Gasteiger partial charge in [-0.2, -0.15) is 0 Å². The van der Waals surface area contributed by atoms with Crippen LogP contribution in [0.25, 0.3) is 16.6 Å². The van der Waals surface area contributed by atoms with Crippen molar-refractivity contribution in [3.8, 4) is 5.69 Å². The molecule has 0 bridgehead atoms. The molecule has 11 nitrogen and oxygen atoms in total. The van der Waals surface area contributed by atoms with Crippen molar-refractivity contribution < 1.29 is 13.2 Å². The summed E-state index contributed by atoms with van der Waals surface area (Å²) in [4.78, 5) is 45.9. The number of halogens is 1. The van der Waals surface area contributed by atoms with Gasteiger partial charge in [-0.25, -0.2) is 27.3 Å². The number of aromatic nitrogens is 3. The van der Waals surface area contributed by atoms with Crippen molar-refractivity contribution in [1.29, 1.82) is 0 Å². The van der Waals surface area contributed by atoms with Crippen LogP contribution in [0.15, 0.2) is 80.1 Å². The standard InChI is InChI=1S/C23H17ClN6O5S3/c24-19-7-8-20(37-19)38(34,35)29-22(32)27-13-1-4-15(5-2-13)30-21(31)17-6-3-14(9-18(17)28-23(30)33)26-11-16-10-25-12-36-16/h1-10,12,26H,11H2,(H,28,33)(H2,27,29,32). The Kier molecular flexibility index (Phi) is 7.03. The van der Waals surface area contributed by atoms with Gasteiger partial charge in [0.2, 0.25) is 0 Å². The van der Waals surface area contributed by atoms with Gasteiger partial charge in [-0.1, -0.05) is 11.6 Å². The molecule has 3 heterocycles. The second-order valence-corrected chi connectivity index (χ2v) is 12.4. The smallest absolute Gasteiger partial charge is 0.333 e. The molecule has 0 fully saturated rings. The highest BCUT2D eigenvalue weighted by Crippen LogP contribution is 2.25. The van der Waals surface area contributed by atoms with Gasteiger partial charge >= 0.3 is 11.7 Å². The number of H-pyrrole nitrogens is 1. The third kappa shape index (κ3) is 5.47. The molecule has 0 unspecified atom stereocenters. The first-order chi connectivity index (χ1) is 18.2. The Hall–Kier alpha value is -3.98. The van der Waals surface area contributed by atoms with E-state index in [0.29, 0.717) is 17.4 Å². The Morgan fingerprint density at radius 3 is 2.50 bits per heavy atom. The molecule has 5 aromatic rings. The summed E-state index contributed by atoms with van der Waals surface area (Å²) >= 11 is 8.09. The Morgan fingerprint density at radius 2 is 1.82 bits per heavy atom. The third-order valence-corrected chi connectivity index (χ3v) is 9.11. The average molecular weight is 589 g/mol. The zero-order chi connectivity index (χ0) is 26.9. The van der Waals surface area contributed by atoms with E-state index in [1.165, 1.54) is 47.7 Å². The van der Waals surface area contributed by atoms with Crippen molar-refractivity contribution in [3.63, 3.8) is 0 Å². The summed E-state index contributed by atoms with van der Waals surface area (Å²) in [5.41, 5.74) is 2.20. The van der Waals surface area contributed by atoms with Crippen LogP contribution in [0.2, 0.25) is 4.34 Å². The largest absolute Gasteiger partial charge is 0.380 e. The van der Waals surface area contributed by atoms with E-state index in [0.717, 1.165) is 26.5 Å². The summed E-state index contributed by atoms with van der Waals surface area (Å²) in [6, 6.07) is 12.6. The number of urea groups is 1. The number of nitrogens with one attached hydrogen (secondary N) is 4. The van der Waals surface area contributed by atoms with E-state index < -0.39 is 27.3 Å². The topological polar surface area (TPSA) is 155 Å². The SMILES string of the molecule is O=C(Nc1ccc(-n2c(=O)[nH]c3cc(NCc4cncs4)ccc3c2=O)cc1)NS(=O)(=O)c1ccc(Cl)s1. The second-order valence-electron chi connectivity index (χ2n) is 7.82. The van der Waals surface area contributed by atoms with Crippen LogP contribution in [0.1, 0.15) is 4.88 Å². The van der Waals surface area contributed by atoms with Crippen LogP contribution in [-0.4, -0.2) is 29.0 Å². The summed E-state index contributed by atoms with van der Waals surface area (Å²) in [5, 5.41) is 5.94. The number of thiophene rings is 1. The highest BCUT2D eigenvalue weighted by Gasteiger charge is 2.20. The molecule has 0 saturated heterocycles. The molecule has 0 aliphatic carbocycles. The minimum atomic E-state index is -4.09. The number of anilines is 2. The fourth-order valence-electron chi connectivity index (χ4n) is 3.55. The molecule has 3 aromatic heterocycles. The maximum absolute atomic E-state index is 13.1. The molecule has 4 N–H and O–H groups in total. The first-order valence-corrected chi connectivity index (χ1v) is 14.4. The number of carbonyl (C=O) groups is 1. The van der Waals surface area contributed by atoms with E-state index in [9.17, 15) is 22.8 Å². The molecule has 0 spiro atoms. The van der Waals surface area contributed by atoms with Crippen LogP contribution >= 0.6 is 34.3 Å². The highest BCUT2D eigenvalue weighted by molar-refractivity contribution is 7.92. The first-order valence-electron chi connectivity index (χ1n) is 10.8. The lowest BCUT2D eigenvalue weighted by Gasteiger charge is -2.10. The zero-order valence-electron chi connectivity index (χ0n) is 19.1. The van der Waals surface area contributed by atoms with Gasteiger partial charge in [0.05, 0.1) is 33.0 Å². The number of hydrogen-bond acceptors (Lipinski definition) is 9. The summed E-state index contributed by atoms with van der Waals surface area (Å²) in [6.07, 6.45) is 1.76. The number of aromatic amines is 1. The van der Waals surface area contributed by atoms with Crippen LogP contribution in [0.3, 0.4) is 0 Å². The van der Waals surface area contributed by atoms with Gasteiger partial charge < -0.3 is 15.6 Å². The molecule has 2 aromatic carbocycles. The molecule has 2 amide bonds. The monoisotopic (exact) mass is 588 g/mol. The molecule has 38 heavy (non-hydrogen) atoms.